The number of hydrogen-bond acceptors (Lipinski definition) is 4. The lowest BCUT2D eigenvalue weighted by atomic mass is 10.1. The molecule has 1 atom stereocenters. The third kappa shape index (κ3) is 6.95. The van der Waals surface area contributed by atoms with Gasteiger partial charge in [0.25, 0.3) is 0 Å². The highest BCUT2D eigenvalue weighted by Gasteiger charge is 2.17. The van der Waals surface area contributed by atoms with Crippen molar-refractivity contribution >= 4 is 41.3 Å². The lowest BCUT2D eigenvalue weighted by molar-refractivity contribution is 0.201. The molecule has 2 aromatic rings. The summed E-state index contributed by atoms with van der Waals surface area (Å²) >= 11 is 1.74. The van der Waals surface area contributed by atoms with E-state index < -0.39 is 0 Å². The van der Waals surface area contributed by atoms with Gasteiger partial charge in [-0.2, -0.15) is 11.3 Å². The van der Waals surface area contributed by atoms with Crippen LogP contribution in [0.25, 0.3) is 0 Å². The monoisotopic (exact) mass is 500 g/mol. The Hall–Kier alpha value is -1.35. The van der Waals surface area contributed by atoms with Gasteiger partial charge in [0, 0.05) is 32.4 Å². The summed E-state index contributed by atoms with van der Waals surface area (Å²) in [6.07, 6.45) is 6.95. The van der Waals surface area contributed by atoms with E-state index in [-0.39, 0.29) is 24.0 Å². The van der Waals surface area contributed by atoms with E-state index in [4.69, 9.17) is 4.74 Å². The summed E-state index contributed by atoms with van der Waals surface area (Å²) in [6.45, 7) is 3.76. The normalized spacial score (nSPS) is 15.9. The molecule has 0 aliphatic heterocycles. The van der Waals surface area contributed by atoms with Gasteiger partial charge in [0.1, 0.15) is 6.10 Å². The highest BCUT2D eigenvalue weighted by Crippen LogP contribution is 2.23. The van der Waals surface area contributed by atoms with E-state index in [0.29, 0.717) is 18.6 Å². The highest BCUT2D eigenvalue weighted by atomic mass is 127. The van der Waals surface area contributed by atoms with Gasteiger partial charge in [0.15, 0.2) is 5.96 Å². The molecule has 1 aliphatic carbocycles. The molecule has 1 aliphatic rings. The molecule has 0 radical (unpaired) electrons. The minimum Gasteiger partial charge on any atom is -0.474 e. The standard InChI is InChI=1S/C20H28N4OS.HI/c1-15(17-8-10-26-14-17)12-23-20(21-2)24-13-16-7-9-22-19(11-16)25-18-5-3-4-6-18;/h7-11,14-15,18H,3-6,12-13H2,1-2H3,(H2,21,23,24);1H. The van der Waals surface area contributed by atoms with Gasteiger partial charge >= 0.3 is 0 Å². The molecular weight excluding hydrogens is 471 g/mol. The molecule has 5 nitrogen and oxygen atoms in total. The fourth-order valence-corrected chi connectivity index (χ4v) is 3.91. The number of pyridine rings is 1. The molecule has 1 fully saturated rings. The summed E-state index contributed by atoms with van der Waals surface area (Å²) in [6, 6.07) is 6.21. The SMILES string of the molecule is CN=C(NCc1ccnc(OC2CCCC2)c1)NCC(C)c1ccsc1.I. The van der Waals surface area contributed by atoms with E-state index >= 15 is 0 Å². The number of aliphatic imine (C=N–C) groups is 1. The molecule has 3 rings (SSSR count). The Morgan fingerprint density at radius 1 is 1.33 bits per heavy atom. The molecule has 0 saturated heterocycles. The summed E-state index contributed by atoms with van der Waals surface area (Å²) in [5.41, 5.74) is 2.50. The first-order valence-corrected chi connectivity index (χ1v) is 10.3. The minimum absolute atomic E-state index is 0. The second kappa shape index (κ2) is 11.5. The molecule has 1 unspecified atom stereocenters. The maximum atomic E-state index is 5.99. The summed E-state index contributed by atoms with van der Waals surface area (Å²) < 4.78 is 5.99. The molecule has 27 heavy (non-hydrogen) atoms. The average Bonchev–Trinajstić information content (AvgIpc) is 3.36. The number of nitrogens with zero attached hydrogens (tertiary/aromatic N) is 2. The first-order chi connectivity index (χ1) is 12.7. The van der Waals surface area contributed by atoms with Crippen molar-refractivity contribution in [2.24, 2.45) is 4.99 Å². The Labute approximate surface area is 183 Å². The van der Waals surface area contributed by atoms with Crippen molar-refractivity contribution in [1.82, 2.24) is 15.6 Å². The zero-order valence-electron chi connectivity index (χ0n) is 16.0. The zero-order valence-corrected chi connectivity index (χ0v) is 19.1. The summed E-state index contributed by atoms with van der Waals surface area (Å²) in [7, 11) is 1.80. The number of guanidine groups is 1. The van der Waals surface area contributed by atoms with Crippen LogP contribution in [0.4, 0.5) is 0 Å². The van der Waals surface area contributed by atoms with Crippen molar-refractivity contribution in [3.63, 3.8) is 0 Å². The van der Waals surface area contributed by atoms with E-state index in [1.54, 1.807) is 18.4 Å². The Bertz CT molecular complexity index is 702. The molecule has 0 spiro atoms. The van der Waals surface area contributed by atoms with Crippen LogP contribution in [0.1, 0.15) is 49.7 Å². The molecule has 0 aromatic carbocycles. The van der Waals surface area contributed by atoms with Crippen LogP contribution in [0, 0.1) is 0 Å². The number of nitrogens with one attached hydrogen (secondary N) is 2. The lowest BCUT2D eigenvalue weighted by Crippen LogP contribution is -2.38. The second-order valence-corrected chi connectivity index (χ2v) is 7.57. The Balaban J connectivity index is 0.00000261. The molecule has 0 bridgehead atoms. The van der Waals surface area contributed by atoms with Crippen LogP contribution >= 0.6 is 35.3 Å². The summed E-state index contributed by atoms with van der Waals surface area (Å²) in [5.74, 6) is 1.99. The van der Waals surface area contributed by atoms with Gasteiger partial charge in [-0.15, -0.1) is 24.0 Å². The van der Waals surface area contributed by atoms with E-state index in [0.717, 1.165) is 36.8 Å². The highest BCUT2D eigenvalue weighted by molar-refractivity contribution is 14.0. The van der Waals surface area contributed by atoms with Crippen LogP contribution < -0.4 is 15.4 Å². The number of halogens is 1. The van der Waals surface area contributed by atoms with E-state index in [1.807, 2.05) is 18.3 Å². The minimum atomic E-state index is 0. The maximum absolute atomic E-state index is 5.99. The number of aromatic nitrogens is 1. The molecule has 2 aromatic heterocycles. The van der Waals surface area contributed by atoms with Gasteiger partial charge in [0.2, 0.25) is 5.88 Å². The number of rotatable bonds is 7. The van der Waals surface area contributed by atoms with Gasteiger partial charge in [-0.1, -0.05) is 6.92 Å². The molecule has 1 saturated carbocycles. The molecular formula is C20H29IN4OS. The first kappa shape index (κ1) is 21.9. The lowest BCUT2D eigenvalue weighted by Gasteiger charge is -2.16. The van der Waals surface area contributed by atoms with E-state index in [9.17, 15) is 0 Å². The van der Waals surface area contributed by atoms with Gasteiger partial charge < -0.3 is 15.4 Å². The molecule has 0 amide bonds. The third-order valence-electron chi connectivity index (χ3n) is 4.76. The van der Waals surface area contributed by atoms with Crippen LogP contribution in [0.2, 0.25) is 0 Å². The van der Waals surface area contributed by atoms with Gasteiger partial charge in [-0.05, 0) is 65.6 Å². The number of hydrogen-bond donors (Lipinski definition) is 2. The Kier molecular flexibility index (Phi) is 9.33. The second-order valence-electron chi connectivity index (χ2n) is 6.79. The van der Waals surface area contributed by atoms with Crippen molar-refractivity contribution in [2.45, 2.75) is 51.2 Å². The zero-order chi connectivity index (χ0) is 18.2. The molecule has 148 valence electrons. The topological polar surface area (TPSA) is 58.5 Å². The maximum Gasteiger partial charge on any atom is 0.213 e. The number of ether oxygens (including phenoxy) is 1. The predicted molar refractivity (Wildman–Crippen MR) is 123 cm³/mol. The molecule has 2 N–H and O–H groups in total. The smallest absolute Gasteiger partial charge is 0.213 e. The summed E-state index contributed by atoms with van der Waals surface area (Å²) in [4.78, 5) is 8.66. The van der Waals surface area contributed by atoms with Crippen molar-refractivity contribution < 1.29 is 4.74 Å². The van der Waals surface area contributed by atoms with Crippen LogP contribution in [-0.4, -0.2) is 30.6 Å². The van der Waals surface area contributed by atoms with Crippen LogP contribution in [0.3, 0.4) is 0 Å². The van der Waals surface area contributed by atoms with Crippen LogP contribution in [0.15, 0.2) is 40.1 Å². The van der Waals surface area contributed by atoms with Gasteiger partial charge in [-0.3, -0.25) is 4.99 Å². The van der Waals surface area contributed by atoms with Crippen LogP contribution in [0.5, 0.6) is 5.88 Å². The largest absolute Gasteiger partial charge is 0.474 e. The number of thiophene rings is 1. The molecule has 2 heterocycles. The third-order valence-corrected chi connectivity index (χ3v) is 5.46. The van der Waals surface area contributed by atoms with Gasteiger partial charge in [-0.25, -0.2) is 4.98 Å². The van der Waals surface area contributed by atoms with Gasteiger partial charge in [0.05, 0.1) is 0 Å². The fraction of sp³-hybridized carbons (Fsp3) is 0.500. The summed E-state index contributed by atoms with van der Waals surface area (Å²) in [5, 5.41) is 11.1. The van der Waals surface area contributed by atoms with E-state index in [1.165, 1.54) is 18.4 Å². The Morgan fingerprint density at radius 2 is 2.15 bits per heavy atom. The van der Waals surface area contributed by atoms with Crippen molar-refractivity contribution in [3.8, 4) is 5.88 Å². The predicted octanol–water partition coefficient (Wildman–Crippen LogP) is 4.55. The van der Waals surface area contributed by atoms with Crippen molar-refractivity contribution in [1.29, 1.82) is 0 Å². The Morgan fingerprint density at radius 3 is 2.85 bits per heavy atom. The van der Waals surface area contributed by atoms with Crippen molar-refractivity contribution in [3.05, 3.63) is 46.3 Å². The average molecular weight is 500 g/mol. The van der Waals surface area contributed by atoms with Crippen LogP contribution in [-0.2, 0) is 6.54 Å². The molecule has 7 heteroatoms. The fourth-order valence-electron chi connectivity index (χ4n) is 3.13. The van der Waals surface area contributed by atoms with Crippen molar-refractivity contribution in [2.75, 3.05) is 13.6 Å². The van der Waals surface area contributed by atoms with E-state index in [2.05, 4.69) is 44.4 Å². The first-order valence-electron chi connectivity index (χ1n) is 9.33. The quantitative estimate of drug-likeness (QED) is 0.333.